The number of amides is 2. The Bertz CT molecular complexity index is 516. The molecule has 1 saturated heterocycles. The summed E-state index contributed by atoms with van der Waals surface area (Å²) in [4.78, 5) is 38.8. The van der Waals surface area contributed by atoms with E-state index in [4.69, 9.17) is 4.74 Å². The second-order valence-electron chi connectivity index (χ2n) is 7.71. The molecular formula is C19H30N2O4. The summed E-state index contributed by atoms with van der Waals surface area (Å²) in [5.41, 5.74) is 0. The van der Waals surface area contributed by atoms with E-state index in [1.807, 2.05) is 0 Å². The molecule has 1 aliphatic heterocycles. The minimum absolute atomic E-state index is 0.0310. The maximum atomic E-state index is 12.8. The minimum Gasteiger partial charge on any atom is -0.467 e. The Morgan fingerprint density at radius 2 is 1.72 bits per heavy atom. The molecule has 3 aliphatic rings. The Morgan fingerprint density at radius 3 is 2.44 bits per heavy atom. The van der Waals surface area contributed by atoms with Crippen LogP contribution in [0.25, 0.3) is 0 Å². The second kappa shape index (κ2) is 8.19. The molecule has 3 fully saturated rings. The van der Waals surface area contributed by atoms with Gasteiger partial charge in [-0.2, -0.15) is 0 Å². The monoisotopic (exact) mass is 350 g/mol. The van der Waals surface area contributed by atoms with Crippen molar-refractivity contribution in [2.24, 2.45) is 11.8 Å². The first-order valence-electron chi connectivity index (χ1n) is 9.78. The first kappa shape index (κ1) is 18.2. The lowest BCUT2D eigenvalue weighted by molar-refractivity contribution is -0.152. The fourth-order valence-electron chi connectivity index (χ4n) is 4.92. The van der Waals surface area contributed by atoms with E-state index in [-0.39, 0.29) is 36.2 Å². The van der Waals surface area contributed by atoms with Gasteiger partial charge in [-0.05, 0) is 38.0 Å². The molecule has 2 saturated carbocycles. The smallest absolute Gasteiger partial charge is 0.328 e. The van der Waals surface area contributed by atoms with Gasteiger partial charge in [-0.15, -0.1) is 0 Å². The van der Waals surface area contributed by atoms with Gasteiger partial charge in [0.05, 0.1) is 7.11 Å². The number of rotatable bonds is 5. The molecule has 2 amide bonds. The van der Waals surface area contributed by atoms with Crippen LogP contribution in [-0.2, 0) is 19.1 Å². The van der Waals surface area contributed by atoms with Gasteiger partial charge in [0.15, 0.2) is 0 Å². The van der Waals surface area contributed by atoms with Crippen LogP contribution in [-0.4, -0.2) is 48.4 Å². The van der Waals surface area contributed by atoms with Crippen molar-refractivity contribution in [3.05, 3.63) is 0 Å². The van der Waals surface area contributed by atoms with E-state index >= 15 is 0 Å². The lowest BCUT2D eigenvalue weighted by Crippen LogP contribution is -2.47. The van der Waals surface area contributed by atoms with Crippen molar-refractivity contribution >= 4 is 17.8 Å². The van der Waals surface area contributed by atoms with Gasteiger partial charge in [0, 0.05) is 24.9 Å². The van der Waals surface area contributed by atoms with E-state index in [9.17, 15) is 14.4 Å². The van der Waals surface area contributed by atoms with E-state index in [1.54, 1.807) is 4.90 Å². The van der Waals surface area contributed by atoms with Gasteiger partial charge >= 0.3 is 5.97 Å². The lowest BCUT2D eigenvalue weighted by atomic mass is 9.84. The van der Waals surface area contributed by atoms with Gasteiger partial charge in [0.1, 0.15) is 6.04 Å². The summed E-state index contributed by atoms with van der Waals surface area (Å²) in [7, 11) is 1.38. The number of nitrogens with zero attached hydrogens (tertiary/aromatic N) is 1. The SMILES string of the molecule is COC(=O)[C@@H]1C[C@H]2CCCC[C@H]2N1C(=O)CCNC(=O)C1CCCC1. The largest absolute Gasteiger partial charge is 0.467 e. The van der Waals surface area contributed by atoms with Gasteiger partial charge in [-0.1, -0.05) is 25.7 Å². The van der Waals surface area contributed by atoms with Crippen molar-refractivity contribution in [2.75, 3.05) is 13.7 Å². The van der Waals surface area contributed by atoms with Crippen LogP contribution < -0.4 is 5.32 Å². The number of methoxy groups -OCH3 is 1. The molecule has 1 N–H and O–H groups in total. The maximum Gasteiger partial charge on any atom is 0.328 e. The molecule has 0 bridgehead atoms. The highest BCUT2D eigenvalue weighted by Crippen LogP contribution is 2.40. The molecule has 0 radical (unpaired) electrons. The number of carbonyl (C=O) groups excluding carboxylic acids is 3. The van der Waals surface area contributed by atoms with Crippen molar-refractivity contribution in [1.82, 2.24) is 10.2 Å². The van der Waals surface area contributed by atoms with Crippen molar-refractivity contribution in [2.45, 2.75) is 76.3 Å². The van der Waals surface area contributed by atoms with Crippen molar-refractivity contribution < 1.29 is 19.1 Å². The Labute approximate surface area is 149 Å². The Morgan fingerprint density at radius 1 is 1.04 bits per heavy atom. The highest BCUT2D eigenvalue weighted by molar-refractivity contribution is 5.86. The van der Waals surface area contributed by atoms with Crippen LogP contribution in [0.15, 0.2) is 0 Å². The third kappa shape index (κ3) is 3.98. The number of ether oxygens (including phenoxy) is 1. The quantitative estimate of drug-likeness (QED) is 0.770. The average molecular weight is 350 g/mol. The van der Waals surface area contributed by atoms with E-state index in [0.29, 0.717) is 12.5 Å². The predicted molar refractivity (Wildman–Crippen MR) is 92.6 cm³/mol. The van der Waals surface area contributed by atoms with Gasteiger partial charge in [-0.25, -0.2) is 4.79 Å². The van der Waals surface area contributed by atoms with Crippen LogP contribution in [0.1, 0.15) is 64.2 Å². The molecule has 1 heterocycles. The zero-order valence-corrected chi connectivity index (χ0v) is 15.2. The van der Waals surface area contributed by atoms with Crippen molar-refractivity contribution in [3.8, 4) is 0 Å². The molecule has 0 aromatic rings. The predicted octanol–water partition coefficient (Wildman–Crippen LogP) is 2.02. The molecule has 0 spiro atoms. The van der Waals surface area contributed by atoms with Crippen LogP contribution in [0.3, 0.4) is 0 Å². The molecule has 2 aliphatic carbocycles. The number of likely N-dealkylation sites (tertiary alicyclic amines) is 1. The summed E-state index contributed by atoms with van der Waals surface area (Å²) < 4.78 is 4.93. The van der Waals surface area contributed by atoms with E-state index in [2.05, 4.69) is 5.32 Å². The van der Waals surface area contributed by atoms with Gasteiger partial charge in [0.2, 0.25) is 11.8 Å². The zero-order chi connectivity index (χ0) is 17.8. The highest BCUT2D eigenvalue weighted by Gasteiger charge is 2.47. The van der Waals surface area contributed by atoms with Gasteiger partial charge in [-0.3, -0.25) is 9.59 Å². The third-order valence-corrected chi connectivity index (χ3v) is 6.21. The lowest BCUT2D eigenvalue weighted by Gasteiger charge is -2.33. The normalized spacial score (nSPS) is 29.3. The van der Waals surface area contributed by atoms with E-state index in [1.165, 1.54) is 13.5 Å². The van der Waals surface area contributed by atoms with E-state index < -0.39 is 6.04 Å². The molecule has 0 aromatic carbocycles. The summed E-state index contributed by atoms with van der Waals surface area (Å²) in [5, 5.41) is 2.91. The molecule has 6 nitrogen and oxygen atoms in total. The fraction of sp³-hybridized carbons (Fsp3) is 0.842. The topological polar surface area (TPSA) is 75.7 Å². The van der Waals surface area contributed by atoms with Crippen LogP contribution >= 0.6 is 0 Å². The molecule has 6 heteroatoms. The molecular weight excluding hydrogens is 320 g/mol. The maximum absolute atomic E-state index is 12.8. The summed E-state index contributed by atoms with van der Waals surface area (Å²) in [6.07, 6.45) is 9.47. The number of nitrogens with one attached hydrogen (secondary N) is 1. The first-order chi connectivity index (χ1) is 12.1. The molecule has 0 unspecified atom stereocenters. The number of esters is 1. The van der Waals surface area contributed by atoms with Crippen LogP contribution in [0, 0.1) is 11.8 Å². The molecule has 3 rings (SSSR count). The Balaban J connectivity index is 1.56. The fourth-order valence-corrected chi connectivity index (χ4v) is 4.92. The highest BCUT2D eigenvalue weighted by atomic mass is 16.5. The minimum atomic E-state index is -0.448. The molecule has 0 aromatic heterocycles. The van der Waals surface area contributed by atoms with Crippen molar-refractivity contribution in [1.29, 1.82) is 0 Å². The Hall–Kier alpha value is -1.59. The number of hydrogen-bond acceptors (Lipinski definition) is 4. The summed E-state index contributed by atoms with van der Waals surface area (Å²) in [5.74, 6) is 0.267. The molecule has 140 valence electrons. The summed E-state index contributed by atoms with van der Waals surface area (Å²) in [6.45, 7) is 0.357. The van der Waals surface area contributed by atoms with E-state index in [0.717, 1.165) is 51.4 Å². The number of carbonyl (C=O) groups is 3. The first-order valence-corrected chi connectivity index (χ1v) is 9.78. The second-order valence-corrected chi connectivity index (χ2v) is 7.71. The Kier molecular flexibility index (Phi) is 5.97. The molecule has 25 heavy (non-hydrogen) atoms. The summed E-state index contributed by atoms with van der Waals surface area (Å²) >= 11 is 0. The van der Waals surface area contributed by atoms with Gasteiger partial charge in [0.25, 0.3) is 0 Å². The average Bonchev–Trinajstić information content (AvgIpc) is 3.28. The number of hydrogen-bond donors (Lipinski definition) is 1. The van der Waals surface area contributed by atoms with Crippen LogP contribution in [0.2, 0.25) is 0 Å². The van der Waals surface area contributed by atoms with Crippen LogP contribution in [0.5, 0.6) is 0 Å². The van der Waals surface area contributed by atoms with Crippen LogP contribution in [0.4, 0.5) is 0 Å². The zero-order valence-electron chi connectivity index (χ0n) is 15.2. The van der Waals surface area contributed by atoms with Crippen molar-refractivity contribution in [3.63, 3.8) is 0 Å². The molecule has 3 atom stereocenters. The standard InChI is InChI=1S/C19H30N2O4/c1-25-19(24)16-12-14-8-4-5-9-15(14)21(16)17(22)10-11-20-18(23)13-6-2-3-7-13/h13-16H,2-12H2,1H3,(H,20,23)/t14-,15-,16+/m1/s1. The summed E-state index contributed by atoms with van der Waals surface area (Å²) in [6, 6.07) is -0.285. The van der Waals surface area contributed by atoms with Gasteiger partial charge < -0.3 is 15.0 Å². The third-order valence-electron chi connectivity index (χ3n) is 6.21. The number of fused-ring (bicyclic) bond motifs is 1.